The molecular weight excluding hydrogens is 466 g/mol. The van der Waals surface area contributed by atoms with Crippen LogP contribution in [0.5, 0.6) is 5.75 Å². The summed E-state index contributed by atoms with van der Waals surface area (Å²) in [6, 6.07) is 22.1. The van der Waals surface area contributed by atoms with Gasteiger partial charge in [-0.15, -0.1) is 0 Å². The number of benzene rings is 3. The molecule has 0 bridgehead atoms. The van der Waals surface area contributed by atoms with Crippen molar-refractivity contribution in [2.45, 2.75) is 31.7 Å². The molecule has 3 aromatic carbocycles. The molecule has 1 unspecified atom stereocenters. The number of nitrogens with one attached hydrogen (secondary N) is 2. The zero-order valence-corrected chi connectivity index (χ0v) is 20.3. The number of hydrogen-bond donors (Lipinski definition) is 2. The predicted octanol–water partition coefficient (Wildman–Crippen LogP) is 3.56. The van der Waals surface area contributed by atoms with Crippen molar-refractivity contribution in [3.63, 3.8) is 0 Å². The number of rotatable bonds is 7. The second-order valence-electron chi connectivity index (χ2n) is 8.51. The molecule has 1 atom stereocenters. The number of sulfonamides is 1. The lowest BCUT2D eigenvalue weighted by Crippen LogP contribution is -2.49. The van der Waals surface area contributed by atoms with E-state index in [4.69, 9.17) is 4.74 Å². The summed E-state index contributed by atoms with van der Waals surface area (Å²) in [6.45, 7) is 3.49. The fourth-order valence-corrected chi connectivity index (χ4v) is 5.39. The summed E-state index contributed by atoms with van der Waals surface area (Å²) in [5, 5.41) is 5.55. The van der Waals surface area contributed by atoms with Gasteiger partial charge in [0, 0.05) is 6.04 Å². The SMILES string of the molecule is CC(C)NC(=O)c1ccccc1NC(=O)C1CN(S(=O)(=O)Cc2ccccc2)c2ccccc2O1. The topological polar surface area (TPSA) is 105 Å². The molecule has 3 aromatic rings. The second-order valence-corrected chi connectivity index (χ2v) is 10.4. The lowest BCUT2D eigenvalue weighted by Gasteiger charge is -2.34. The first-order chi connectivity index (χ1) is 16.7. The van der Waals surface area contributed by atoms with E-state index in [1.165, 1.54) is 4.31 Å². The van der Waals surface area contributed by atoms with Crippen molar-refractivity contribution < 1.29 is 22.7 Å². The number of anilines is 2. The summed E-state index contributed by atoms with van der Waals surface area (Å²) in [4.78, 5) is 25.8. The normalized spacial score (nSPS) is 15.2. The second kappa shape index (κ2) is 10.2. The van der Waals surface area contributed by atoms with Crippen LogP contribution in [-0.2, 0) is 20.6 Å². The van der Waals surface area contributed by atoms with Crippen LogP contribution in [0.15, 0.2) is 78.9 Å². The maximum atomic E-state index is 13.4. The van der Waals surface area contributed by atoms with E-state index in [0.717, 1.165) is 0 Å². The number of ether oxygens (including phenoxy) is 1. The Morgan fingerprint density at radius 3 is 2.37 bits per heavy atom. The fourth-order valence-electron chi connectivity index (χ4n) is 3.81. The zero-order chi connectivity index (χ0) is 25.0. The first-order valence-corrected chi connectivity index (χ1v) is 12.9. The van der Waals surface area contributed by atoms with E-state index in [1.807, 2.05) is 19.9 Å². The molecule has 1 heterocycles. The Kier molecular flexibility index (Phi) is 7.07. The van der Waals surface area contributed by atoms with Crippen LogP contribution >= 0.6 is 0 Å². The molecule has 182 valence electrons. The third-order valence-electron chi connectivity index (χ3n) is 5.40. The maximum Gasteiger partial charge on any atom is 0.267 e. The molecule has 0 fully saturated rings. The van der Waals surface area contributed by atoms with Crippen LogP contribution in [-0.4, -0.2) is 38.9 Å². The Morgan fingerprint density at radius 2 is 1.63 bits per heavy atom. The number of fused-ring (bicyclic) bond motifs is 1. The summed E-state index contributed by atoms with van der Waals surface area (Å²) in [7, 11) is -3.81. The maximum absolute atomic E-state index is 13.4. The first-order valence-electron chi connectivity index (χ1n) is 11.3. The Morgan fingerprint density at radius 1 is 0.971 bits per heavy atom. The summed E-state index contributed by atoms with van der Waals surface area (Å²) in [6.07, 6.45) is -1.11. The van der Waals surface area contributed by atoms with Crippen molar-refractivity contribution in [1.29, 1.82) is 0 Å². The van der Waals surface area contributed by atoms with Gasteiger partial charge < -0.3 is 15.4 Å². The lowest BCUT2D eigenvalue weighted by molar-refractivity contribution is -0.122. The minimum absolute atomic E-state index is 0.0761. The standard InChI is InChI=1S/C26H27N3O5S/c1-18(2)27-25(30)20-12-6-7-13-21(20)28-26(31)24-16-29(22-14-8-9-15-23(22)34-24)35(32,33)17-19-10-4-3-5-11-19/h3-15,18,24H,16-17H2,1-2H3,(H,27,30)(H,28,31). The largest absolute Gasteiger partial charge is 0.476 e. The highest BCUT2D eigenvalue weighted by atomic mass is 32.2. The molecule has 0 aliphatic carbocycles. The summed E-state index contributed by atoms with van der Waals surface area (Å²) in [5.74, 6) is -0.794. The number of para-hydroxylation sites is 3. The van der Waals surface area contributed by atoms with Crippen molar-refractivity contribution >= 4 is 33.2 Å². The molecule has 2 amide bonds. The lowest BCUT2D eigenvalue weighted by atomic mass is 10.1. The third-order valence-corrected chi connectivity index (χ3v) is 7.12. The predicted molar refractivity (Wildman–Crippen MR) is 135 cm³/mol. The molecule has 35 heavy (non-hydrogen) atoms. The average molecular weight is 494 g/mol. The highest BCUT2D eigenvalue weighted by Crippen LogP contribution is 2.36. The van der Waals surface area contributed by atoms with Crippen LogP contribution in [0, 0.1) is 0 Å². The van der Waals surface area contributed by atoms with Crippen molar-refractivity contribution in [2.75, 3.05) is 16.2 Å². The van der Waals surface area contributed by atoms with E-state index in [1.54, 1.807) is 72.8 Å². The molecule has 0 saturated heterocycles. The highest BCUT2D eigenvalue weighted by Gasteiger charge is 2.37. The van der Waals surface area contributed by atoms with Gasteiger partial charge in [0.1, 0.15) is 5.75 Å². The third kappa shape index (κ3) is 5.63. The molecule has 2 N–H and O–H groups in total. The van der Waals surface area contributed by atoms with Crippen LogP contribution in [0.1, 0.15) is 29.8 Å². The number of nitrogens with zero attached hydrogens (tertiary/aromatic N) is 1. The molecule has 9 heteroatoms. The van der Waals surface area contributed by atoms with E-state index in [2.05, 4.69) is 10.6 Å². The Hall–Kier alpha value is -3.85. The molecule has 0 aromatic heterocycles. The molecule has 0 spiro atoms. The van der Waals surface area contributed by atoms with E-state index >= 15 is 0 Å². The van der Waals surface area contributed by atoms with Crippen LogP contribution in [0.25, 0.3) is 0 Å². The van der Waals surface area contributed by atoms with Crippen molar-refractivity contribution in [3.05, 3.63) is 90.0 Å². The van der Waals surface area contributed by atoms with Crippen LogP contribution in [0.3, 0.4) is 0 Å². The molecule has 8 nitrogen and oxygen atoms in total. The smallest absolute Gasteiger partial charge is 0.267 e. The molecule has 4 rings (SSSR count). The summed E-state index contributed by atoms with van der Waals surface area (Å²) < 4.78 is 33.9. The van der Waals surface area contributed by atoms with Gasteiger partial charge in [0.25, 0.3) is 11.8 Å². The number of carbonyl (C=O) groups is 2. The van der Waals surface area contributed by atoms with Crippen LogP contribution in [0.4, 0.5) is 11.4 Å². The summed E-state index contributed by atoms with van der Waals surface area (Å²) in [5.41, 5.74) is 1.64. The van der Waals surface area contributed by atoms with Crippen molar-refractivity contribution in [3.8, 4) is 5.75 Å². The van der Waals surface area contributed by atoms with Gasteiger partial charge in [-0.05, 0) is 43.7 Å². The zero-order valence-electron chi connectivity index (χ0n) is 19.5. The van der Waals surface area contributed by atoms with Gasteiger partial charge in [-0.1, -0.05) is 54.6 Å². The Bertz CT molecular complexity index is 1330. The Labute approximate surface area is 205 Å². The minimum Gasteiger partial charge on any atom is -0.476 e. The average Bonchev–Trinajstić information content (AvgIpc) is 2.83. The van der Waals surface area contributed by atoms with Gasteiger partial charge in [-0.3, -0.25) is 13.9 Å². The van der Waals surface area contributed by atoms with Gasteiger partial charge >= 0.3 is 0 Å². The van der Waals surface area contributed by atoms with Gasteiger partial charge in [0.05, 0.1) is 29.2 Å². The number of carbonyl (C=O) groups excluding carboxylic acids is 2. The van der Waals surface area contributed by atoms with E-state index in [-0.39, 0.29) is 24.2 Å². The van der Waals surface area contributed by atoms with E-state index < -0.39 is 22.0 Å². The molecule has 0 saturated carbocycles. The van der Waals surface area contributed by atoms with Gasteiger partial charge in [0.15, 0.2) is 6.10 Å². The van der Waals surface area contributed by atoms with E-state index in [0.29, 0.717) is 28.3 Å². The van der Waals surface area contributed by atoms with Crippen LogP contribution < -0.4 is 19.7 Å². The monoisotopic (exact) mass is 493 g/mol. The molecular formula is C26H27N3O5S. The summed E-state index contributed by atoms with van der Waals surface area (Å²) >= 11 is 0. The first kappa shape index (κ1) is 24.3. The van der Waals surface area contributed by atoms with Crippen molar-refractivity contribution in [1.82, 2.24) is 5.32 Å². The minimum atomic E-state index is -3.81. The quantitative estimate of drug-likeness (QED) is 0.524. The highest BCUT2D eigenvalue weighted by molar-refractivity contribution is 7.92. The number of hydrogen-bond acceptors (Lipinski definition) is 5. The van der Waals surface area contributed by atoms with Crippen molar-refractivity contribution in [2.24, 2.45) is 0 Å². The molecule has 1 aliphatic rings. The van der Waals surface area contributed by atoms with E-state index in [9.17, 15) is 18.0 Å². The van der Waals surface area contributed by atoms with Crippen LogP contribution in [0.2, 0.25) is 0 Å². The number of amides is 2. The Balaban J connectivity index is 1.59. The van der Waals surface area contributed by atoms with Gasteiger partial charge in [-0.2, -0.15) is 0 Å². The molecule has 1 aliphatic heterocycles. The van der Waals surface area contributed by atoms with Gasteiger partial charge in [0.2, 0.25) is 10.0 Å². The fraction of sp³-hybridized carbons (Fsp3) is 0.231. The molecule has 0 radical (unpaired) electrons. The van der Waals surface area contributed by atoms with Gasteiger partial charge in [-0.25, -0.2) is 8.42 Å².